The van der Waals surface area contributed by atoms with E-state index in [9.17, 15) is 0 Å². The zero-order valence-electron chi connectivity index (χ0n) is 7.30. The molecule has 1 aliphatic rings. The number of para-hydroxylation sites is 1. The highest BCUT2D eigenvalue weighted by atomic mass is 79.9. The molecule has 0 fully saturated rings. The normalized spacial score (nSPS) is 14.3. The van der Waals surface area contributed by atoms with Crippen molar-refractivity contribution >= 4 is 43.9 Å². The van der Waals surface area contributed by atoms with Gasteiger partial charge in [0.15, 0.2) is 5.69 Å². The van der Waals surface area contributed by atoms with E-state index in [1.165, 1.54) is 5.69 Å². The first kappa shape index (κ1) is 12.0. The van der Waals surface area contributed by atoms with Crippen molar-refractivity contribution in [2.75, 3.05) is 13.1 Å². The molecule has 0 amide bonds. The van der Waals surface area contributed by atoms with Crippen LogP contribution in [0, 0.1) is 0 Å². The Morgan fingerprint density at radius 2 is 1.86 bits per heavy atom. The maximum absolute atomic E-state index is 3.54. The lowest BCUT2D eigenvalue weighted by atomic mass is 10.3. The molecule has 0 spiro atoms. The topological polar surface area (TPSA) is 15.0 Å². The third-order valence-corrected chi connectivity index (χ3v) is 3.25. The van der Waals surface area contributed by atoms with Gasteiger partial charge in [0, 0.05) is 0 Å². The summed E-state index contributed by atoms with van der Waals surface area (Å²) in [6, 6.07) is 6.11. The quantitative estimate of drug-likeness (QED) is 0.681. The first-order valence-electron chi connectivity index (χ1n) is 4.06. The van der Waals surface area contributed by atoms with Crippen LogP contribution in [0.25, 0.3) is 0 Å². The van der Waals surface area contributed by atoms with Crippen molar-refractivity contribution < 1.29 is 17.0 Å². The summed E-state index contributed by atoms with van der Waals surface area (Å²) >= 11 is 7.08. The highest BCUT2D eigenvalue weighted by Gasteiger charge is 2.16. The number of halogens is 3. The molecule has 0 atom stereocenters. The molecule has 0 saturated heterocycles. The largest absolute Gasteiger partial charge is 1.00 e. The van der Waals surface area contributed by atoms with E-state index in [0.717, 1.165) is 22.0 Å². The molecule has 0 saturated carbocycles. The van der Waals surface area contributed by atoms with Crippen molar-refractivity contribution in [3.8, 4) is 0 Å². The molecule has 0 aliphatic carbocycles. The molecule has 1 N–H and O–H groups in total. The van der Waals surface area contributed by atoms with Crippen molar-refractivity contribution in [2.45, 2.75) is 0 Å². The van der Waals surface area contributed by atoms with Gasteiger partial charge in [-0.2, -0.15) is 0 Å². The van der Waals surface area contributed by atoms with Gasteiger partial charge in [-0.15, -0.1) is 0 Å². The van der Waals surface area contributed by atoms with E-state index in [1.807, 2.05) is 24.5 Å². The van der Waals surface area contributed by atoms with Crippen molar-refractivity contribution in [1.29, 1.82) is 0 Å². The van der Waals surface area contributed by atoms with E-state index < -0.39 is 0 Å². The number of nitrogens with zero attached hydrogens (tertiary/aromatic N) is 1. The molecule has 0 bridgehead atoms. The molecule has 2 nitrogen and oxygen atoms in total. The third kappa shape index (κ3) is 2.30. The fraction of sp³-hybridized carbons (Fsp3) is 0.222. The Bertz CT molecular complexity index is 346. The van der Waals surface area contributed by atoms with Crippen LogP contribution in [-0.2, 0) is 0 Å². The zero-order valence-corrected chi connectivity index (χ0v) is 11.2. The summed E-state index contributed by atoms with van der Waals surface area (Å²) in [4.78, 5) is 0. The molecular formula is C9H9Br2ClN2. The zero-order chi connectivity index (χ0) is 9.26. The Labute approximate surface area is 106 Å². The monoisotopic (exact) mass is 338 g/mol. The second kappa shape index (κ2) is 5.14. The Morgan fingerprint density at radius 1 is 1.21 bits per heavy atom. The molecule has 76 valence electrons. The van der Waals surface area contributed by atoms with Gasteiger partial charge in [0.1, 0.15) is 13.1 Å². The van der Waals surface area contributed by atoms with Crippen molar-refractivity contribution in [2.24, 2.45) is 0 Å². The standard InChI is InChI=1S/C9H8Br2N2.ClH/c10-7-2-1-3-8(11)9(7)13-5-4-12-6-13;/h1-3,6H,4-5H2;1H. The number of rotatable bonds is 1. The van der Waals surface area contributed by atoms with E-state index in [-0.39, 0.29) is 12.4 Å². The second-order valence-corrected chi connectivity index (χ2v) is 4.56. The van der Waals surface area contributed by atoms with E-state index in [1.54, 1.807) is 0 Å². The third-order valence-electron chi connectivity index (χ3n) is 1.97. The highest BCUT2D eigenvalue weighted by Crippen LogP contribution is 2.32. The van der Waals surface area contributed by atoms with E-state index >= 15 is 0 Å². The molecule has 0 aromatic heterocycles. The van der Waals surface area contributed by atoms with Gasteiger partial charge in [-0.1, -0.05) is 6.07 Å². The van der Waals surface area contributed by atoms with Gasteiger partial charge < -0.3 is 12.4 Å². The van der Waals surface area contributed by atoms with Crippen LogP contribution >= 0.6 is 31.9 Å². The Balaban J connectivity index is 0.000000980. The number of hydrogen-bond donors (Lipinski definition) is 1. The summed E-state index contributed by atoms with van der Waals surface area (Å²) < 4.78 is 4.41. The predicted molar refractivity (Wildman–Crippen MR) is 60.7 cm³/mol. The lowest BCUT2D eigenvalue weighted by molar-refractivity contribution is -0.425. The van der Waals surface area contributed by atoms with Crippen LogP contribution in [0.4, 0.5) is 5.69 Å². The van der Waals surface area contributed by atoms with Gasteiger partial charge in [0.25, 0.3) is 0 Å². The predicted octanol–water partition coefficient (Wildman–Crippen LogP) is -0.509. The van der Waals surface area contributed by atoms with Crippen LogP contribution < -0.4 is 17.7 Å². The summed E-state index contributed by atoms with van der Waals surface area (Å²) in [6.45, 7) is 2.02. The smallest absolute Gasteiger partial charge is 0.237 e. The summed E-state index contributed by atoms with van der Waals surface area (Å²) in [5.41, 5.74) is 1.19. The molecule has 1 aromatic rings. The van der Waals surface area contributed by atoms with Crippen molar-refractivity contribution in [1.82, 2.24) is 5.32 Å². The van der Waals surface area contributed by atoms with Crippen LogP contribution in [0.2, 0.25) is 0 Å². The maximum atomic E-state index is 3.54. The van der Waals surface area contributed by atoms with Gasteiger partial charge in [0.05, 0.1) is 8.95 Å². The first-order chi connectivity index (χ1) is 6.29. The van der Waals surface area contributed by atoms with Crippen LogP contribution in [0.5, 0.6) is 0 Å². The Kier molecular flexibility index (Phi) is 4.41. The van der Waals surface area contributed by atoms with Gasteiger partial charge in [0.2, 0.25) is 6.34 Å². The number of hydrogen-bond acceptors (Lipinski definition) is 1. The van der Waals surface area contributed by atoms with Gasteiger partial charge in [-0.3, -0.25) is 5.32 Å². The molecule has 14 heavy (non-hydrogen) atoms. The second-order valence-electron chi connectivity index (χ2n) is 2.85. The van der Waals surface area contributed by atoms with E-state index in [4.69, 9.17) is 0 Å². The molecule has 0 radical (unpaired) electrons. The molecule has 1 aromatic carbocycles. The average molecular weight is 340 g/mol. The van der Waals surface area contributed by atoms with Crippen LogP contribution in [0.1, 0.15) is 0 Å². The highest BCUT2D eigenvalue weighted by molar-refractivity contribution is 9.11. The minimum atomic E-state index is 0. The Morgan fingerprint density at radius 3 is 2.36 bits per heavy atom. The SMILES string of the molecule is Brc1cccc(Br)c1[N+]1=CNCC1.[Cl-]. The van der Waals surface area contributed by atoms with Gasteiger partial charge >= 0.3 is 0 Å². The molecule has 1 heterocycles. The Hall–Kier alpha value is -0.0600. The molecule has 0 unspecified atom stereocenters. The van der Waals surface area contributed by atoms with Crippen LogP contribution in [0.15, 0.2) is 27.1 Å². The first-order valence-corrected chi connectivity index (χ1v) is 5.65. The van der Waals surface area contributed by atoms with Crippen molar-refractivity contribution in [3.63, 3.8) is 0 Å². The fourth-order valence-electron chi connectivity index (χ4n) is 1.36. The molecule has 1 aliphatic heterocycles. The summed E-state index contributed by atoms with van der Waals surface area (Å²) in [6.07, 6.45) is 2.00. The number of nitrogens with one attached hydrogen (secondary N) is 1. The number of benzene rings is 1. The fourth-order valence-corrected chi connectivity index (χ4v) is 2.82. The van der Waals surface area contributed by atoms with Gasteiger partial charge in [-0.05, 0) is 44.0 Å². The maximum Gasteiger partial charge on any atom is 0.237 e. The average Bonchev–Trinajstić information content (AvgIpc) is 2.57. The van der Waals surface area contributed by atoms with Gasteiger partial charge in [-0.25, -0.2) is 4.58 Å². The van der Waals surface area contributed by atoms with Crippen LogP contribution in [0.3, 0.4) is 0 Å². The van der Waals surface area contributed by atoms with E-state index in [2.05, 4.69) is 41.8 Å². The van der Waals surface area contributed by atoms with Crippen LogP contribution in [-0.4, -0.2) is 24.0 Å². The lowest BCUT2D eigenvalue weighted by Gasteiger charge is -2.04. The summed E-state index contributed by atoms with van der Waals surface area (Å²) in [5.74, 6) is 0. The molecule has 2 rings (SSSR count). The molecular weight excluding hydrogens is 331 g/mol. The lowest BCUT2D eigenvalue weighted by Crippen LogP contribution is -3.00. The minimum absolute atomic E-state index is 0. The van der Waals surface area contributed by atoms with E-state index in [0.29, 0.717) is 0 Å². The summed E-state index contributed by atoms with van der Waals surface area (Å²) in [7, 11) is 0. The summed E-state index contributed by atoms with van der Waals surface area (Å²) in [5, 5.41) is 3.18. The minimum Gasteiger partial charge on any atom is -1.00 e. The van der Waals surface area contributed by atoms with Crippen molar-refractivity contribution in [3.05, 3.63) is 27.1 Å². The molecule has 5 heteroatoms.